The number of nitro groups is 1. The highest BCUT2D eigenvalue weighted by atomic mass is 32.2. The molecular weight excluding hydrogens is 536 g/mol. The summed E-state index contributed by atoms with van der Waals surface area (Å²) in [5.41, 5.74) is 0.0614. The molecule has 0 saturated carbocycles. The standard InChI is InChI=1S/C24H20N4O8S2/c29-16(25-7-10-35-11-8-25)12-26-23-20(38-24(26)32)17(15-2-1-9-36-15)18-19(37-23)22(31)27(21(18)30)13-3-5-14(6-4-13)28(33)34/h1-6,9,17-19H,7-8,10-12H2. The second-order valence-electron chi connectivity index (χ2n) is 8.96. The summed E-state index contributed by atoms with van der Waals surface area (Å²) in [7, 11) is 0. The van der Waals surface area contributed by atoms with Gasteiger partial charge in [0.05, 0.1) is 51.8 Å². The average Bonchev–Trinajstić information content (AvgIpc) is 3.62. The molecule has 0 aliphatic carbocycles. The Morgan fingerprint density at radius 3 is 2.47 bits per heavy atom. The molecule has 6 rings (SSSR count). The van der Waals surface area contributed by atoms with Crippen LogP contribution in [0.3, 0.4) is 0 Å². The summed E-state index contributed by atoms with van der Waals surface area (Å²) in [4.78, 5) is 66.8. The molecule has 5 heterocycles. The molecule has 0 bridgehead atoms. The second-order valence-corrected chi connectivity index (χ2v) is 11.1. The van der Waals surface area contributed by atoms with Gasteiger partial charge in [-0.1, -0.05) is 23.1 Å². The predicted molar refractivity (Wildman–Crippen MR) is 135 cm³/mol. The summed E-state index contributed by atoms with van der Waals surface area (Å²) in [6.07, 6.45) is 1.46. The number of fused-ring (bicyclic) bond motifs is 2. The molecule has 2 saturated heterocycles. The molecule has 3 unspecified atom stereocenters. The second kappa shape index (κ2) is 9.53. The van der Waals surface area contributed by atoms with Crippen LogP contribution in [0.1, 0.15) is 16.6 Å². The first-order chi connectivity index (χ1) is 18.3. The van der Waals surface area contributed by atoms with E-state index in [2.05, 4.69) is 0 Å². The largest absolute Gasteiger partial charge is 0.469 e. The zero-order chi connectivity index (χ0) is 26.6. The van der Waals surface area contributed by atoms with E-state index in [0.717, 1.165) is 28.0 Å². The number of carbonyl (C=O) groups excluding carboxylic acids is 3. The lowest BCUT2D eigenvalue weighted by atomic mass is 9.87. The highest BCUT2D eigenvalue weighted by Gasteiger charge is 2.57. The Morgan fingerprint density at radius 1 is 1.08 bits per heavy atom. The van der Waals surface area contributed by atoms with Crippen molar-refractivity contribution in [2.75, 3.05) is 31.2 Å². The summed E-state index contributed by atoms with van der Waals surface area (Å²) in [5.74, 6) is -2.34. The summed E-state index contributed by atoms with van der Waals surface area (Å²) in [6.45, 7) is 1.54. The number of non-ortho nitro benzene ring substituents is 1. The van der Waals surface area contributed by atoms with Crippen molar-refractivity contribution in [3.63, 3.8) is 0 Å². The lowest BCUT2D eigenvalue weighted by Crippen LogP contribution is -2.43. The number of carbonyl (C=O) groups is 3. The Hall–Kier alpha value is -3.75. The van der Waals surface area contributed by atoms with E-state index in [0.29, 0.717) is 42.0 Å². The molecule has 14 heteroatoms. The molecule has 1 aromatic carbocycles. The minimum absolute atomic E-state index is 0.163. The van der Waals surface area contributed by atoms with Crippen LogP contribution >= 0.6 is 23.1 Å². The maximum atomic E-state index is 13.7. The molecule has 2 fully saturated rings. The number of benzene rings is 1. The number of anilines is 1. The van der Waals surface area contributed by atoms with Crippen LogP contribution in [0.15, 0.2) is 56.9 Å². The highest BCUT2D eigenvalue weighted by molar-refractivity contribution is 8.00. The number of nitrogens with zero attached hydrogens (tertiary/aromatic N) is 4. The van der Waals surface area contributed by atoms with Gasteiger partial charge in [-0.3, -0.25) is 33.9 Å². The number of hydrogen-bond donors (Lipinski definition) is 0. The molecule has 3 amide bonds. The van der Waals surface area contributed by atoms with E-state index in [1.54, 1.807) is 17.0 Å². The van der Waals surface area contributed by atoms with Gasteiger partial charge >= 0.3 is 4.87 Å². The first-order valence-corrected chi connectivity index (χ1v) is 13.5. The lowest BCUT2D eigenvalue weighted by molar-refractivity contribution is -0.384. The van der Waals surface area contributed by atoms with Crippen LogP contribution in [-0.2, 0) is 25.7 Å². The van der Waals surface area contributed by atoms with E-state index in [4.69, 9.17) is 9.15 Å². The van der Waals surface area contributed by atoms with Gasteiger partial charge in [-0.2, -0.15) is 0 Å². The normalized spacial score (nSPS) is 22.9. The summed E-state index contributed by atoms with van der Waals surface area (Å²) in [5, 5.41) is 10.7. The average molecular weight is 557 g/mol. The molecule has 12 nitrogen and oxygen atoms in total. The number of furan rings is 1. The monoisotopic (exact) mass is 556 g/mol. The van der Waals surface area contributed by atoms with E-state index >= 15 is 0 Å². The number of nitro benzene ring substituents is 1. The van der Waals surface area contributed by atoms with Crippen molar-refractivity contribution in [2.45, 2.75) is 22.7 Å². The third kappa shape index (κ3) is 3.95. The fourth-order valence-corrected chi connectivity index (χ4v) is 7.81. The summed E-state index contributed by atoms with van der Waals surface area (Å²) >= 11 is 2.04. The number of thiazole rings is 1. The van der Waals surface area contributed by atoms with Crippen molar-refractivity contribution in [1.82, 2.24) is 9.47 Å². The van der Waals surface area contributed by atoms with Crippen LogP contribution < -0.4 is 9.77 Å². The van der Waals surface area contributed by atoms with E-state index in [-0.39, 0.29) is 28.7 Å². The molecule has 3 aromatic rings. The zero-order valence-electron chi connectivity index (χ0n) is 19.7. The smallest absolute Gasteiger partial charge is 0.308 e. The molecule has 2 aromatic heterocycles. The quantitative estimate of drug-likeness (QED) is 0.262. The van der Waals surface area contributed by atoms with Gasteiger partial charge in [-0.05, 0) is 24.3 Å². The number of aromatic nitrogens is 1. The number of rotatable bonds is 5. The Balaban J connectivity index is 1.39. The first-order valence-electron chi connectivity index (χ1n) is 11.8. The van der Waals surface area contributed by atoms with Crippen molar-refractivity contribution in [1.29, 1.82) is 0 Å². The van der Waals surface area contributed by atoms with Gasteiger partial charge in [0.1, 0.15) is 17.6 Å². The van der Waals surface area contributed by atoms with Gasteiger partial charge < -0.3 is 14.1 Å². The molecule has 196 valence electrons. The topological polar surface area (TPSA) is 145 Å². The Bertz CT molecular complexity index is 1490. The number of amides is 3. The number of imide groups is 1. The molecule has 3 atom stereocenters. The van der Waals surface area contributed by atoms with Gasteiger partial charge in [0.15, 0.2) is 0 Å². The molecular formula is C24H20N4O8S2. The van der Waals surface area contributed by atoms with Crippen molar-refractivity contribution in [2.24, 2.45) is 5.92 Å². The van der Waals surface area contributed by atoms with Crippen molar-refractivity contribution >= 4 is 52.2 Å². The summed E-state index contributed by atoms with van der Waals surface area (Å²) in [6, 6.07) is 8.57. The molecule has 0 spiro atoms. The van der Waals surface area contributed by atoms with Crippen LogP contribution in [0.4, 0.5) is 11.4 Å². The van der Waals surface area contributed by atoms with Crippen molar-refractivity contribution in [3.05, 3.63) is 73.1 Å². The number of hydrogen-bond acceptors (Lipinski definition) is 10. The fourth-order valence-electron chi connectivity index (χ4n) is 5.06. The SMILES string of the molecule is O=C(Cn1c2c(sc1=O)C(c1ccco1)C1C(=O)N(c3ccc([N+](=O)[O-])cc3)C(=O)C1S2)N1CCOCC1. The Labute approximate surface area is 222 Å². The van der Waals surface area contributed by atoms with E-state index < -0.39 is 33.8 Å². The molecule has 0 N–H and O–H groups in total. The molecule has 3 aliphatic heterocycles. The van der Waals surface area contributed by atoms with E-state index in [1.165, 1.54) is 35.1 Å². The maximum absolute atomic E-state index is 13.7. The maximum Gasteiger partial charge on any atom is 0.308 e. The Morgan fingerprint density at radius 2 is 1.82 bits per heavy atom. The number of thioether (sulfide) groups is 1. The van der Waals surface area contributed by atoms with Gasteiger partial charge in [0, 0.05) is 25.2 Å². The van der Waals surface area contributed by atoms with Crippen LogP contribution in [0.5, 0.6) is 0 Å². The zero-order valence-corrected chi connectivity index (χ0v) is 21.3. The molecule has 38 heavy (non-hydrogen) atoms. The fraction of sp³-hybridized carbons (Fsp3) is 0.333. The predicted octanol–water partition coefficient (Wildman–Crippen LogP) is 2.07. The van der Waals surface area contributed by atoms with Crippen LogP contribution in [-0.4, -0.2) is 63.7 Å². The third-order valence-electron chi connectivity index (χ3n) is 6.87. The van der Waals surface area contributed by atoms with Gasteiger partial charge in [0.2, 0.25) is 17.7 Å². The van der Waals surface area contributed by atoms with Gasteiger partial charge in [0.25, 0.3) is 5.69 Å². The molecule has 0 radical (unpaired) electrons. The van der Waals surface area contributed by atoms with Crippen molar-refractivity contribution in [3.8, 4) is 0 Å². The summed E-state index contributed by atoms with van der Waals surface area (Å²) < 4.78 is 12.4. The van der Waals surface area contributed by atoms with Crippen LogP contribution in [0.2, 0.25) is 0 Å². The first kappa shape index (κ1) is 24.6. The van der Waals surface area contributed by atoms with Gasteiger partial charge in [-0.15, -0.1) is 0 Å². The number of ether oxygens (including phenoxy) is 1. The van der Waals surface area contributed by atoms with Gasteiger partial charge in [-0.25, -0.2) is 4.90 Å². The highest BCUT2D eigenvalue weighted by Crippen LogP contribution is 2.54. The minimum atomic E-state index is -0.876. The van der Waals surface area contributed by atoms with Crippen LogP contribution in [0.25, 0.3) is 0 Å². The van der Waals surface area contributed by atoms with Crippen LogP contribution in [0, 0.1) is 16.0 Å². The third-order valence-corrected chi connectivity index (χ3v) is 9.48. The van der Waals surface area contributed by atoms with Crippen molar-refractivity contribution < 1.29 is 28.5 Å². The van der Waals surface area contributed by atoms with E-state index in [1.807, 2.05) is 0 Å². The minimum Gasteiger partial charge on any atom is -0.469 e. The van der Waals surface area contributed by atoms with E-state index in [9.17, 15) is 29.3 Å². The lowest BCUT2D eigenvalue weighted by Gasteiger charge is -2.30. The molecule has 3 aliphatic rings. The Kier molecular flexibility index (Phi) is 6.16. The number of morpholine rings is 1.